The van der Waals surface area contributed by atoms with E-state index in [1.54, 1.807) is 6.20 Å². The Labute approximate surface area is 192 Å². The zero-order valence-electron chi connectivity index (χ0n) is 18.7. The zero-order valence-corrected chi connectivity index (χ0v) is 18.7. The van der Waals surface area contributed by atoms with Gasteiger partial charge >= 0.3 is 5.97 Å². The van der Waals surface area contributed by atoms with E-state index in [0.717, 1.165) is 34.9 Å². The van der Waals surface area contributed by atoms with E-state index < -0.39 is 5.97 Å². The van der Waals surface area contributed by atoms with Crippen molar-refractivity contribution < 1.29 is 14.3 Å². The van der Waals surface area contributed by atoms with Crippen LogP contribution in [0.3, 0.4) is 0 Å². The first-order chi connectivity index (χ1) is 16.2. The number of fused-ring (bicyclic) bond motifs is 1. The maximum absolute atomic E-state index is 10.7. The SMILES string of the molecule is CCCC(Cc1nnc(-c2ccc(CNCCC(=O)O)c3ncccc23)o1)c1ccccc1. The molecule has 0 aliphatic heterocycles. The smallest absolute Gasteiger partial charge is 0.304 e. The molecule has 0 bridgehead atoms. The first-order valence-electron chi connectivity index (χ1n) is 11.3. The number of aromatic nitrogens is 3. The Kier molecular flexibility index (Phi) is 7.42. The molecule has 0 saturated heterocycles. The van der Waals surface area contributed by atoms with E-state index in [1.165, 1.54) is 5.56 Å². The van der Waals surface area contributed by atoms with Crippen LogP contribution in [0.5, 0.6) is 0 Å². The van der Waals surface area contributed by atoms with Crippen LogP contribution in [-0.4, -0.2) is 32.8 Å². The number of aliphatic carboxylic acids is 1. The Bertz CT molecular complexity index is 1210. The molecule has 2 aromatic carbocycles. The monoisotopic (exact) mass is 444 g/mol. The Morgan fingerprint density at radius 3 is 2.73 bits per heavy atom. The third kappa shape index (κ3) is 5.62. The van der Waals surface area contributed by atoms with Crippen molar-refractivity contribution in [3.8, 4) is 11.5 Å². The second kappa shape index (κ2) is 10.8. The van der Waals surface area contributed by atoms with E-state index in [9.17, 15) is 4.79 Å². The number of pyridine rings is 1. The first kappa shape index (κ1) is 22.6. The van der Waals surface area contributed by atoms with Gasteiger partial charge in [-0.2, -0.15) is 0 Å². The lowest BCUT2D eigenvalue weighted by Gasteiger charge is -2.14. The fraction of sp³-hybridized carbons (Fsp3) is 0.308. The number of carboxylic acid groups (broad SMARTS) is 1. The minimum atomic E-state index is -0.818. The summed E-state index contributed by atoms with van der Waals surface area (Å²) in [5.74, 6) is 0.629. The van der Waals surface area contributed by atoms with Gasteiger partial charge < -0.3 is 14.8 Å². The fourth-order valence-electron chi connectivity index (χ4n) is 4.09. The summed E-state index contributed by atoms with van der Waals surface area (Å²) in [5.41, 5.74) is 3.96. The summed E-state index contributed by atoms with van der Waals surface area (Å²) in [6.07, 6.45) is 4.67. The number of rotatable bonds is 11. The Morgan fingerprint density at radius 1 is 1.09 bits per heavy atom. The number of nitrogens with one attached hydrogen (secondary N) is 1. The highest BCUT2D eigenvalue weighted by atomic mass is 16.4. The van der Waals surface area contributed by atoms with Gasteiger partial charge in [0.15, 0.2) is 0 Å². The molecule has 0 amide bonds. The van der Waals surface area contributed by atoms with Crippen molar-refractivity contribution in [3.63, 3.8) is 0 Å². The van der Waals surface area contributed by atoms with Gasteiger partial charge in [0.1, 0.15) is 0 Å². The van der Waals surface area contributed by atoms with Gasteiger partial charge in [-0.3, -0.25) is 9.78 Å². The average molecular weight is 445 g/mol. The van der Waals surface area contributed by atoms with Crippen LogP contribution < -0.4 is 5.32 Å². The van der Waals surface area contributed by atoms with E-state index >= 15 is 0 Å². The van der Waals surface area contributed by atoms with Gasteiger partial charge in [0.2, 0.25) is 11.8 Å². The van der Waals surface area contributed by atoms with Gasteiger partial charge in [-0.1, -0.05) is 55.8 Å². The Balaban J connectivity index is 1.56. The number of carbonyl (C=O) groups is 1. The minimum Gasteiger partial charge on any atom is -0.481 e. The van der Waals surface area contributed by atoms with Crippen LogP contribution >= 0.6 is 0 Å². The van der Waals surface area contributed by atoms with E-state index in [0.29, 0.717) is 37.2 Å². The predicted molar refractivity (Wildman–Crippen MR) is 127 cm³/mol. The molecule has 4 rings (SSSR count). The van der Waals surface area contributed by atoms with Crippen LogP contribution in [0.4, 0.5) is 0 Å². The molecule has 0 fully saturated rings. The first-order valence-corrected chi connectivity index (χ1v) is 11.3. The van der Waals surface area contributed by atoms with E-state index in [-0.39, 0.29) is 6.42 Å². The van der Waals surface area contributed by atoms with Crippen molar-refractivity contribution in [2.75, 3.05) is 6.54 Å². The summed E-state index contributed by atoms with van der Waals surface area (Å²) in [7, 11) is 0. The third-order valence-electron chi connectivity index (χ3n) is 5.71. The third-order valence-corrected chi connectivity index (χ3v) is 5.71. The van der Waals surface area contributed by atoms with Crippen LogP contribution in [0.1, 0.15) is 49.1 Å². The number of nitrogens with zero attached hydrogens (tertiary/aromatic N) is 3. The molecule has 1 atom stereocenters. The van der Waals surface area contributed by atoms with Gasteiger partial charge in [0, 0.05) is 36.7 Å². The quantitative estimate of drug-likeness (QED) is 0.315. The second-order valence-electron chi connectivity index (χ2n) is 8.09. The molecule has 2 aromatic heterocycles. The standard InChI is InChI=1S/C26H28N4O3/c1-2-7-19(18-8-4-3-5-9-18)16-23-29-30-26(33-23)22-12-11-20(17-27-15-13-24(31)32)25-21(22)10-6-14-28-25/h3-6,8-12,14,19,27H,2,7,13,15-17H2,1H3,(H,31,32). The highest BCUT2D eigenvalue weighted by Crippen LogP contribution is 2.31. The summed E-state index contributed by atoms with van der Waals surface area (Å²) in [6, 6.07) is 18.3. The van der Waals surface area contributed by atoms with Crippen LogP contribution in [0.25, 0.3) is 22.4 Å². The maximum Gasteiger partial charge on any atom is 0.304 e. The van der Waals surface area contributed by atoms with Crippen molar-refractivity contribution in [1.82, 2.24) is 20.5 Å². The summed E-state index contributed by atoms with van der Waals surface area (Å²) in [6.45, 7) is 3.12. The maximum atomic E-state index is 10.7. The van der Waals surface area contributed by atoms with E-state index in [2.05, 4.69) is 51.7 Å². The summed E-state index contributed by atoms with van der Waals surface area (Å²) >= 11 is 0. The van der Waals surface area contributed by atoms with Gasteiger partial charge in [-0.05, 0) is 35.6 Å². The minimum absolute atomic E-state index is 0.0796. The molecule has 33 heavy (non-hydrogen) atoms. The second-order valence-corrected chi connectivity index (χ2v) is 8.09. The van der Waals surface area contributed by atoms with Crippen LogP contribution in [0, 0.1) is 0 Å². The fourth-order valence-corrected chi connectivity index (χ4v) is 4.09. The van der Waals surface area contributed by atoms with E-state index in [1.807, 2.05) is 30.3 Å². The lowest BCUT2D eigenvalue weighted by atomic mass is 9.91. The zero-order chi connectivity index (χ0) is 23.0. The molecule has 0 radical (unpaired) electrons. The summed E-state index contributed by atoms with van der Waals surface area (Å²) in [4.78, 5) is 15.3. The van der Waals surface area contributed by atoms with Gasteiger partial charge in [0.25, 0.3) is 0 Å². The highest BCUT2D eigenvalue weighted by Gasteiger charge is 2.18. The van der Waals surface area contributed by atoms with Gasteiger partial charge in [-0.15, -0.1) is 10.2 Å². The van der Waals surface area contributed by atoms with E-state index in [4.69, 9.17) is 9.52 Å². The molecule has 7 heteroatoms. The molecular formula is C26H28N4O3. The molecule has 0 aliphatic carbocycles. The number of hydrogen-bond donors (Lipinski definition) is 2. The van der Waals surface area contributed by atoms with Crippen LogP contribution in [0.2, 0.25) is 0 Å². The largest absolute Gasteiger partial charge is 0.481 e. The van der Waals surface area contributed by atoms with Crippen molar-refractivity contribution >= 4 is 16.9 Å². The summed E-state index contributed by atoms with van der Waals surface area (Å²) < 4.78 is 6.11. The molecule has 7 nitrogen and oxygen atoms in total. The molecular weight excluding hydrogens is 416 g/mol. The van der Waals surface area contributed by atoms with Crippen molar-refractivity contribution in [2.24, 2.45) is 0 Å². The normalized spacial score (nSPS) is 12.2. The predicted octanol–water partition coefficient (Wildman–Crippen LogP) is 4.98. The van der Waals surface area contributed by atoms with Crippen molar-refractivity contribution in [3.05, 3.63) is 77.8 Å². The van der Waals surface area contributed by atoms with Gasteiger partial charge in [0.05, 0.1) is 11.9 Å². The molecule has 4 aromatic rings. The van der Waals surface area contributed by atoms with Crippen LogP contribution in [0.15, 0.2) is 65.2 Å². The van der Waals surface area contributed by atoms with Crippen LogP contribution in [-0.2, 0) is 17.8 Å². The lowest BCUT2D eigenvalue weighted by molar-refractivity contribution is -0.136. The number of carboxylic acids is 1. The number of benzene rings is 2. The summed E-state index contributed by atoms with van der Waals surface area (Å²) in [5, 5.41) is 21.6. The molecule has 0 aliphatic rings. The Hall–Kier alpha value is -3.58. The molecule has 0 spiro atoms. The highest BCUT2D eigenvalue weighted by molar-refractivity contribution is 5.94. The topological polar surface area (TPSA) is 101 Å². The average Bonchev–Trinajstić information content (AvgIpc) is 3.30. The Morgan fingerprint density at radius 2 is 1.94 bits per heavy atom. The molecule has 2 N–H and O–H groups in total. The molecule has 0 saturated carbocycles. The van der Waals surface area contributed by atoms with Crippen molar-refractivity contribution in [1.29, 1.82) is 0 Å². The molecule has 170 valence electrons. The lowest BCUT2D eigenvalue weighted by Crippen LogP contribution is -2.17. The van der Waals surface area contributed by atoms with Crippen molar-refractivity contribution in [2.45, 2.75) is 45.1 Å². The van der Waals surface area contributed by atoms with Gasteiger partial charge in [-0.25, -0.2) is 0 Å². The molecule has 1 unspecified atom stereocenters. The molecule has 2 heterocycles. The number of hydrogen-bond acceptors (Lipinski definition) is 6.